The maximum atomic E-state index is 12.3. The van der Waals surface area contributed by atoms with Gasteiger partial charge in [0.15, 0.2) is 8.68 Å². The standard InChI is InChI=1S/C27H25N5OS3/c1-3-32-23-7-5-4-6-21(23)22-14-20(12-13-24(22)32)15-28-29-25(33)17-35-27-31-30-26(36-27)34-16-19-10-8-18(2)9-11-19/h4-15H,3,16-17H2,1-2H3,(H,29,33)/b28-15+. The molecule has 9 heteroatoms. The van der Waals surface area contributed by atoms with Gasteiger partial charge in [0, 0.05) is 34.1 Å². The van der Waals surface area contributed by atoms with Crippen molar-refractivity contribution in [2.24, 2.45) is 5.10 Å². The lowest BCUT2D eigenvalue weighted by molar-refractivity contribution is -0.118. The zero-order valence-corrected chi connectivity index (χ0v) is 22.4. The van der Waals surface area contributed by atoms with Crippen molar-refractivity contribution in [3.05, 3.63) is 83.4 Å². The van der Waals surface area contributed by atoms with Crippen LogP contribution < -0.4 is 5.43 Å². The molecular formula is C27H25N5OS3. The highest BCUT2D eigenvalue weighted by atomic mass is 32.2. The van der Waals surface area contributed by atoms with Crippen LogP contribution in [-0.2, 0) is 17.1 Å². The van der Waals surface area contributed by atoms with Crippen molar-refractivity contribution in [3.8, 4) is 0 Å². The van der Waals surface area contributed by atoms with Gasteiger partial charge < -0.3 is 4.57 Å². The number of hydrogen-bond acceptors (Lipinski definition) is 7. The molecule has 0 unspecified atom stereocenters. The number of carbonyl (C=O) groups excluding carboxylic acids is 1. The fourth-order valence-corrected chi connectivity index (χ4v) is 6.74. The maximum absolute atomic E-state index is 12.3. The van der Waals surface area contributed by atoms with Crippen molar-refractivity contribution in [2.45, 2.75) is 34.8 Å². The summed E-state index contributed by atoms with van der Waals surface area (Å²) in [5.74, 6) is 0.904. The summed E-state index contributed by atoms with van der Waals surface area (Å²) in [4.78, 5) is 12.3. The van der Waals surface area contributed by atoms with Crippen molar-refractivity contribution in [2.75, 3.05) is 5.75 Å². The van der Waals surface area contributed by atoms with Gasteiger partial charge in [-0.15, -0.1) is 10.2 Å². The lowest BCUT2D eigenvalue weighted by atomic mass is 10.1. The average Bonchev–Trinajstić information content (AvgIpc) is 3.49. The molecule has 0 bridgehead atoms. The number of hydrogen-bond donors (Lipinski definition) is 1. The molecule has 0 aliphatic carbocycles. The van der Waals surface area contributed by atoms with Gasteiger partial charge in [0.25, 0.3) is 5.91 Å². The van der Waals surface area contributed by atoms with Crippen LogP contribution in [0.4, 0.5) is 0 Å². The molecule has 0 spiro atoms. The van der Waals surface area contributed by atoms with Crippen LogP contribution in [0.2, 0.25) is 0 Å². The van der Waals surface area contributed by atoms with Crippen LogP contribution in [-0.4, -0.2) is 32.6 Å². The highest BCUT2D eigenvalue weighted by molar-refractivity contribution is 8.03. The van der Waals surface area contributed by atoms with Crippen LogP contribution in [0.3, 0.4) is 0 Å². The Morgan fingerprint density at radius 2 is 1.75 bits per heavy atom. The molecular weight excluding hydrogens is 507 g/mol. The van der Waals surface area contributed by atoms with E-state index in [1.165, 1.54) is 56.0 Å². The molecule has 0 radical (unpaired) electrons. The first-order valence-corrected chi connectivity index (χ1v) is 14.4. The Kier molecular flexibility index (Phi) is 7.69. The summed E-state index contributed by atoms with van der Waals surface area (Å²) >= 11 is 4.53. The van der Waals surface area contributed by atoms with Crippen molar-refractivity contribution in [1.82, 2.24) is 20.2 Å². The number of thioether (sulfide) groups is 2. The van der Waals surface area contributed by atoms with Gasteiger partial charge in [-0.1, -0.05) is 89.0 Å². The number of rotatable bonds is 9. The summed E-state index contributed by atoms with van der Waals surface area (Å²) in [6, 6.07) is 23.2. The first-order chi connectivity index (χ1) is 17.6. The van der Waals surface area contributed by atoms with Gasteiger partial charge in [0.05, 0.1) is 12.0 Å². The fourth-order valence-electron chi connectivity index (χ4n) is 3.97. The summed E-state index contributed by atoms with van der Waals surface area (Å²) in [6.45, 7) is 5.15. The summed E-state index contributed by atoms with van der Waals surface area (Å²) in [7, 11) is 0. The van der Waals surface area contributed by atoms with E-state index >= 15 is 0 Å². The van der Waals surface area contributed by atoms with Crippen LogP contribution in [0.25, 0.3) is 21.8 Å². The van der Waals surface area contributed by atoms with Gasteiger partial charge in [0.1, 0.15) is 0 Å². The highest BCUT2D eigenvalue weighted by Crippen LogP contribution is 2.31. The molecule has 36 heavy (non-hydrogen) atoms. The normalized spacial score (nSPS) is 11.6. The van der Waals surface area contributed by atoms with Crippen molar-refractivity contribution < 1.29 is 4.79 Å². The Bertz CT molecular complexity index is 1540. The van der Waals surface area contributed by atoms with Crippen LogP contribution >= 0.6 is 34.9 Å². The second-order valence-electron chi connectivity index (χ2n) is 8.23. The number of carbonyl (C=O) groups is 1. The van der Waals surface area contributed by atoms with Crippen LogP contribution in [0.1, 0.15) is 23.6 Å². The minimum Gasteiger partial charge on any atom is -0.341 e. The number of fused-ring (bicyclic) bond motifs is 3. The van der Waals surface area contributed by atoms with E-state index in [1.807, 2.05) is 6.07 Å². The number of aromatic nitrogens is 3. The monoisotopic (exact) mass is 531 g/mol. The predicted molar refractivity (Wildman–Crippen MR) is 152 cm³/mol. The van der Waals surface area contributed by atoms with E-state index in [9.17, 15) is 4.79 Å². The molecule has 0 fully saturated rings. The molecule has 0 atom stereocenters. The topological polar surface area (TPSA) is 72.2 Å². The molecule has 2 aromatic heterocycles. The molecule has 6 nitrogen and oxygen atoms in total. The minimum atomic E-state index is -0.177. The quantitative estimate of drug-likeness (QED) is 0.133. The van der Waals surface area contributed by atoms with Crippen molar-refractivity contribution in [3.63, 3.8) is 0 Å². The summed E-state index contributed by atoms with van der Waals surface area (Å²) in [6.07, 6.45) is 1.69. The number of benzene rings is 3. The van der Waals surface area contributed by atoms with Gasteiger partial charge in [-0.2, -0.15) is 5.10 Å². The van der Waals surface area contributed by atoms with E-state index in [0.717, 1.165) is 26.5 Å². The van der Waals surface area contributed by atoms with Gasteiger partial charge in [-0.3, -0.25) is 4.79 Å². The molecule has 3 aromatic carbocycles. The van der Waals surface area contributed by atoms with Crippen molar-refractivity contribution >= 4 is 68.8 Å². The summed E-state index contributed by atoms with van der Waals surface area (Å²) in [5, 5.41) is 15.0. The third kappa shape index (κ3) is 5.64. The second-order valence-corrected chi connectivity index (χ2v) is 11.7. The van der Waals surface area contributed by atoms with Crippen LogP contribution in [0.5, 0.6) is 0 Å². The minimum absolute atomic E-state index is 0.177. The largest absolute Gasteiger partial charge is 0.341 e. The Hall–Kier alpha value is -3.14. The Morgan fingerprint density at radius 3 is 2.56 bits per heavy atom. The first-order valence-electron chi connectivity index (χ1n) is 11.6. The van der Waals surface area contributed by atoms with Crippen LogP contribution in [0.15, 0.2) is 80.5 Å². The molecule has 2 heterocycles. The Morgan fingerprint density at radius 1 is 1.00 bits per heavy atom. The van der Waals surface area contributed by atoms with Crippen molar-refractivity contribution in [1.29, 1.82) is 0 Å². The Balaban J connectivity index is 1.14. The molecule has 5 rings (SSSR count). The number of para-hydroxylation sites is 1. The smallest absolute Gasteiger partial charge is 0.250 e. The Labute approximate surface area is 222 Å². The SMILES string of the molecule is CCn1c2ccccc2c2cc(/C=N/NC(=O)CSc3nnc(SCc4ccc(C)cc4)s3)ccc21. The number of nitrogens with zero attached hydrogens (tertiary/aromatic N) is 4. The van der Waals surface area contributed by atoms with Gasteiger partial charge in [-0.05, 0) is 43.2 Å². The van der Waals surface area contributed by atoms with Crippen LogP contribution in [0, 0.1) is 6.92 Å². The van der Waals surface area contributed by atoms with E-state index in [4.69, 9.17) is 0 Å². The third-order valence-corrected chi connectivity index (χ3v) is 8.97. The number of aryl methyl sites for hydroxylation is 2. The lowest BCUT2D eigenvalue weighted by Gasteiger charge is -2.02. The summed E-state index contributed by atoms with van der Waals surface area (Å²) in [5.41, 5.74) is 8.48. The van der Waals surface area contributed by atoms with E-state index in [-0.39, 0.29) is 11.7 Å². The van der Waals surface area contributed by atoms with Gasteiger partial charge >= 0.3 is 0 Å². The molecule has 182 valence electrons. The molecule has 0 saturated carbocycles. The van der Waals surface area contributed by atoms with E-state index in [1.54, 1.807) is 18.0 Å². The fraction of sp³-hybridized carbons (Fsp3) is 0.185. The van der Waals surface area contributed by atoms with Gasteiger partial charge in [-0.25, -0.2) is 5.43 Å². The van der Waals surface area contributed by atoms with E-state index in [2.05, 4.69) is 99.8 Å². The first kappa shape index (κ1) is 24.5. The molecule has 5 aromatic rings. The summed E-state index contributed by atoms with van der Waals surface area (Å²) < 4.78 is 3.99. The molecule has 0 aliphatic rings. The number of amides is 1. The van der Waals surface area contributed by atoms with E-state index < -0.39 is 0 Å². The molecule has 0 saturated heterocycles. The average molecular weight is 532 g/mol. The molecule has 1 amide bonds. The zero-order chi connectivity index (χ0) is 24.9. The number of hydrazone groups is 1. The highest BCUT2D eigenvalue weighted by Gasteiger charge is 2.10. The molecule has 1 N–H and O–H groups in total. The predicted octanol–water partition coefficient (Wildman–Crippen LogP) is 6.51. The molecule has 0 aliphatic heterocycles. The van der Waals surface area contributed by atoms with E-state index in [0.29, 0.717) is 0 Å². The lowest BCUT2D eigenvalue weighted by Crippen LogP contribution is -2.19. The maximum Gasteiger partial charge on any atom is 0.250 e. The van der Waals surface area contributed by atoms with Gasteiger partial charge in [0.2, 0.25) is 0 Å². The zero-order valence-electron chi connectivity index (χ0n) is 20.0. The second kappa shape index (κ2) is 11.3. The third-order valence-electron chi connectivity index (χ3n) is 5.71. The number of nitrogens with one attached hydrogen (secondary N) is 1.